The van der Waals surface area contributed by atoms with E-state index in [1.54, 1.807) is 4.90 Å². The van der Waals surface area contributed by atoms with Gasteiger partial charge in [0.25, 0.3) is 5.91 Å². The molecule has 100 valence electrons. The van der Waals surface area contributed by atoms with Crippen molar-refractivity contribution in [2.24, 2.45) is 0 Å². The molecule has 0 aromatic carbocycles. The Morgan fingerprint density at radius 2 is 2.50 bits per heavy atom. The number of aromatic nitrogens is 2. The summed E-state index contributed by atoms with van der Waals surface area (Å²) >= 11 is 0. The molecule has 0 bridgehead atoms. The number of amides is 1. The highest BCUT2D eigenvalue weighted by molar-refractivity contribution is 5.97. The molecule has 0 aliphatic carbocycles. The van der Waals surface area contributed by atoms with Gasteiger partial charge in [0.15, 0.2) is 0 Å². The third-order valence-corrected chi connectivity index (χ3v) is 3.64. The lowest BCUT2D eigenvalue weighted by molar-refractivity contribution is 0.0755. The molecule has 1 unspecified atom stereocenters. The van der Waals surface area contributed by atoms with E-state index in [1.807, 2.05) is 7.05 Å². The SMILES string of the molecule is CCN1CCCC1CN(C)C(=O)c1cn[nH]c1N. The molecule has 1 aromatic heterocycles. The normalized spacial score (nSPS) is 20.2. The number of aromatic amines is 1. The van der Waals surface area contributed by atoms with Crippen LogP contribution in [0.15, 0.2) is 6.20 Å². The van der Waals surface area contributed by atoms with Crippen LogP contribution in [0.5, 0.6) is 0 Å². The van der Waals surface area contributed by atoms with Gasteiger partial charge in [-0.15, -0.1) is 0 Å². The summed E-state index contributed by atoms with van der Waals surface area (Å²) in [5.41, 5.74) is 6.12. The van der Waals surface area contributed by atoms with E-state index < -0.39 is 0 Å². The number of rotatable bonds is 4. The Labute approximate surface area is 107 Å². The van der Waals surface area contributed by atoms with Crippen LogP contribution in [0.3, 0.4) is 0 Å². The standard InChI is InChI=1S/C12H21N5O/c1-3-17-6-4-5-9(17)8-16(2)12(18)10-7-14-15-11(10)13/h7,9H,3-6,8H2,1-2H3,(H3,13,14,15). The fourth-order valence-electron chi connectivity index (χ4n) is 2.59. The third-order valence-electron chi connectivity index (χ3n) is 3.64. The first-order valence-corrected chi connectivity index (χ1v) is 6.41. The molecule has 1 aromatic rings. The maximum absolute atomic E-state index is 12.2. The highest BCUT2D eigenvalue weighted by Gasteiger charge is 2.26. The maximum atomic E-state index is 12.2. The summed E-state index contributed by atoms with van der Waals surface area (Å²) in [6, 6.07) is 0.470. The Kier molecular flexibility index (Phi) is 3.86. The van der Waals surface area contributed by atoms with Gasteiger partial charge in [-0.25, -0.2) is 0 Å². The summed E-state index contributed by atoms with van der Waals surface area (Å²) in [7, 11) is 1.82. The minimum Gasteiger partial charge on any atom is -0.383 e. The van der Waals surface area contributed by atoms with Gasteiger partial charge in [0.05, 0.1) is 6.20 Å². The van der Waals surface area contributed by atoms with Crippen molar-refractivity contribution in [3.8, 4) is 0 Å². The molecule has 2 rings (SSSR count). The number of carbonyl (C=O) groups is 1. The third kappa shape index (κ3) is 2.48. The largest absolute Gasteiger partial charge is 0.383 e. The lowest BCUT2D eigenvalue weighted by Crippen LogP contribution is -2.41. The van der Waals surface area contributed by atoms with E-state index in [2.05, 4.69) is 22.0 Å². The Balaban J connectivity index is 1.98. The Morgan fingerprint density at radius 3 is 3.11 bits per heavy atom. The van der Waals surface area contributed by atoms with Crippen LogP contribution >= 0.6 is 0 Å². The maximum Gasteiger partial charge on any atom is 0.259 e. The molecular weight excluding hydrogens is 230 g/mol. The monoisotopic (exact) mass is 251 g/mol. The Bertz CT molecular complexity index is 416. The molecule has 1 fully saturated rings. The van der Waals surface area contributed by atoms with E-state index in [-0.39, 0.29) is 5.91 Å². The zero-order valence-electron chi connectivity index (χ0n) is 11.0. The molecule has 3 N–H and O–H groups in total. The number of nitrogen functional groups attached to an aromatic ring is 1. The molecule has 1 aliphatic rings. The summed E-state index contributed by atoms with van der Waals surface area (Å²) in [5, 5.41) is 6.37. The van der Waals surface area contributed by atoms with Crippen molar-refractivity contribution in [3.63, 3.8) is 0 Å². The van der Waals surface area contributed by atoms with Gasteiger partial charge in [0.1, 0.15) is 11.4 Å². The molecule has 1 atom stereocenters. The first kappa shape index (κ1) is 12.9. The van der Waals surface area contributed by atoms with E-state index in [9.17, 15) is 4.79 Å². The van der Waals surface area contributed by atoms with Crippen LogP contribution in [-0.2, 0) is 0 Å². The first-order valence-electron chi connectivity index (χ1n) is 6.41. The highest BCUT2D eigenvalue weighted by Crippen LogP contribution is 2.18. The topological polar surface area (TPSA) is 78.2 Å². The molecular formula is C12H21N5O. The van der Waals surface area contributed by atoms with E-state index in [4.69, 9.17) is 5.73 Å². The van der Waals surface area contributed by atoms with Crippen LogP contribution in [0.25, 0.3) is 0 Å². The Morgan fingerprint density at radius 1 is 1.72 bits per heavy atom. The summed E-state index contributed by atoms with van der Waals surface area (Å²) in [6.45, 7) is 5.09. The van der Waals surface area contributed by atoms with E-state index in [1.165, 1.54) is 12.6 Å². The zero-order chi connectivity index (χ0) is 13.1. The van der Waals surface area contributed by atoms with Gasteiger partial charge in [-0.05, 0) is 25.9 Å². The van der Waals surface area contributed by atoms with Crippen LogP contribution in [0.1, 0.15) is 30.1 Å². The number of nitrogens with two attached hydrogens (primary N) is 1. The van der Waals surface area contributed by atoms with Crippen LogP contribution < -0.4 is 5.73 Å². The van der Waals surface area contributed by atoms with Gasteiger partial charge in [0, 0.05) is 19.6 Å². The van der Waals surface area contributed by atoms with Crippen molar-refractivity contribution in [1.82, 2.24) is 20.0 Å². The predicted octanol–water partition coefficient (Wildman–Crippen LogP) is 0.548. The smallest absolute Gasteiger partial charge is 0.259 e. The van der Waals surface area contributed by atoms with Gasteiger partial charge in [-0.1, -0.05) is 6.92 Å². The van der Waals surface area contributed by atoms with Crippen molar-refractivity contribution >= 4 is 11.7 Å². The highest BCUT2D eigenvalue weighted by atomic mass is 16.2. The number of hydrogen-bond donors (Lipinski definition) is 2. The average molecular weight is 251 g/mol. The first-order chi connectivity index (χ1) is 8.63. The van der Waals surface area contributed by atoms with Crippen molar-refractivity contribution in [1.29, 1.82) is 0 Å². The number of H-pyrrole nitrogens is 1. The second kappa shape index (κ2) is 5.39. The summed E-state index contributed by atoms with van der Waals surface area (Å²) in [6.07, 6.45) is 3.86. The van der Waals surface area contributed by atoms with Crippen molar-refractivity contribution in [2.75, 3.05) is 32.4 Å². The number of nitrogens with one attached hydrogen (secondary N) is 1. The molecule has 6 nitrogen and oxygen atoms in total. The average Bonchev–Trinajstić information content (AvgIpc) is 2.96. The zero-order valence-corrected chi connectivity index (χ0v) is 11.0. The minimum absolute atomic E-state index is 0.0656. The number of carbonyl (C=O) groups excluding carboxylic acids is 1. The minimum atomic E-state index is -0.0656. The van der Waals surface area contributed by atoms with Crippen LogP contribution in [0.4, 0.5) is 5.82 Å². The van der Waals surface area contributed by atoms with Gasteiger partial charge >= 0.3 is 0 Å². The molecule has 0 radical (unpaired) electrons. The molecule has 2 heterocycles. The molecule has 1 saturated heterocycles. The summed E-state index contributed by atoms with van der Waals surface area (Å²) < 4.78 is 0. The molecule has 1 amide bonds. The van der Waals surface area contributed by atoms with E-state index in [0.717, 1.165) is 26.1 Å². The van der Waals surface area contributed by atoms with Crippen molar-refractivity contribution < 1.29 is 4.79 Å². The number of likely N-dealkylation sites (N-methyl/N-ethyl adjacent to an activating group) is 2. The van der Waals surface area contributed by atoms with Crippen molar-refractivity contribution in [2.45, 2.75) is 25.8 Å². The fourth-order valence-corrected chi connectivity index (χ4v) is 2.59. The Hall–Kier alpha value is -1.56. The molecule has 0 spiro atoms. The van der Waals surface area contributed by atoms with Gasteiger partial charge in [-0.3, -0.25) is 14.8 Å². The van der Waals surface area contributed by atoms with Crippen LogP contribution in [0.2, 0.25) is 0 Å². The second-order valence-electron chi connectivity index (χ2n) is 4.81. The molecule has 0 saturated carbocycles. The molecule has 1 aliphatic heterocycles. The van der Waals surface area contributed by atoms with Gasteiger partial charge in [0.2, 0.25) is 0 Å². The summed E-state index contributed by atoms with van der Waals surface area (Å²) in [5.74, 6) is 0.273. The van der Waals surface area contributed by atoms with E-state index >= 15 is 0 Å². The number of hydrogen-bond acceptors (Lipinski definition) is 4. The quantitative estimate of drug-likeness (QED) is 0.819. The van der Waals surface area contributed by atoms with Gasteiger partial charge in [-0.2, -0.15) is 5.10 Å². The van der Waals surface area contributed by atoms with Crippen molar-refractivity contribution in [3.05, 3.63) is 11.8 Å². The molecule has 6 heteroatoms. The van der Waals surface area contributed by atoms with Crippen LogP contribution in [-0.4, -0.2) is 58.6 Å². The van der Waals surface area contributed by atoms with Gasteiger partial charge < -0.3 is 10.6 Å². The van der Waals surface area contributed by atoms with Crippen LogP contribution in [0, 0.1) is 0 Å². The number of anilines is 1. The lowest BCUT2D eigenvalue weighted by atomic mass is 10.2. The number of nitrogens with zero attached hydrogens (tertiary/aromatic N) is 3. The number of likely N-dealkylation sites (tertiary alicyclic amines) is 1. The lowest BCUT2D eigenvalue weighted by Gasteiger charge is -2.27. The summed E-state index contributed by atoms with van der Waals surface area (Å²) in [4.78, 5) is 16.3. The molecule has 18 heavy (non-hydrogen) atoms. The van der Waals surface area contributed by atoms with E-state index in [0.29, 0.717) is 17.4 Å². The predicted molar refractivity (Wildman–Crippen MR) is 70.2 cm³/mol. The second-order valence-corrected chi connectivity index (χ2v) is 4.81. The fraction of sp³-hybridized carbons (Fsp3) is 0.667.